The highest BCUT2D eigenvalue weighted by molar-refractivity contribution is 8.21. The Morgan fingerprint density at radius 2 is 1.64 bits per heavy atom. The molecule has 0 aromatic carbocycles. The summed E-state index contributed by atoms with van der Waals surface area (Å²) in [4.78, 5) is 0. The third-order valence-electron chi connectivity index (χ3n) is 2.44. The molecule has 0 N–H and O–H groups in total. The molecule has 2 atom stereocenters. The first-order chi connectivity index (χ1) is 5.40. The summed E-state index contributed by atoms with van der Waals surface area (Å²) in [5.41, 5.74) is 0. The van der Waals surface area contributed by atoms with Crippen LogP contribution >= 0.6 is 36.2 Å². The van der Waals surface area contributed by atoms with Gasteiger partial charge in [0.2, 0.25) is 0 Å². The van der Waals surface area contributed by atoms with E-state index in [4.69, 9.17) is 0 Å². The van der Waals surface area contributed by atoms with Gasteiger partial charge in [0, 0.05) is 16.3 Å². The van der Waals surface area contributed by atoms with E-state index >= 15 is 0 Å². The van der Waals surface area contributed by atoms with Crippen molar-refractivity contribution in [3.63, 3.8) is 0 Å². The second-order valence-electron chi connectivity index (χ2n) is 3.25. The monoisotopic (exact) mass is 206 g/mol. The average molecular weight is 206 g/mol. The lowest BCUT2D eigenvalue weighted by Crippen LogP contribution is -2.19. The molecule has 1 saturated heterocycles. The molecule has 1 aliphatic carbocycles. The highest BCUT2D eigenvalue weighted by atomic mass is 32.2. The van der Waals surface area contributed by atoms with Crippen LogP contribution in [-0.2, 0) is 0 Å². The lowest BCUT2D eigenvalue weighted by atomic mass is 10.00. The molecule has 2 aliphatic rings. The molecule has 0 amide bonds. The second kappa shape index (κ2) is 3.84. The molecular formula is C8H14S3. The van der Waals surface area contributed by atoms with E-state index in [1.54, 1.807) is 0 Å². The molecule has 0 radical (unpaired) electrons. The zero-order chi connectivity index (χ0) is 7.68. The van der Waals surface area contributed by atoms with Crippen LogP contribution in [0.25, 0.3) is 0 Å². The minimum atomic E-state index is 0.798. The molecule has 0 nitrogen and oxygen atoms in total. The predicted octanol–water partition coefficient (Wildman–Crippen LogP) is 3.03. The quantitative estimate of drug-likeness (QED) is 0.655. The SMILES string of the molecule is SCC1SC2CCCCC2S1. The molecule has 1 heterocycles. The fourth-order valence-electron chi connectivity index (χ4n) is 1.88. The van der Waals surface area contributed by atoms with Gasteiger partial charge in [0.15, 0.2) is 0 Å². The van der Waals surface area contributed by atoms with Crippen LogP contribution in [0.15, 0.2) is 0 Å². The topological polar surface area (TPSA) is 0 Å². The van der Waals surface area contributed by atoms with Gasteiger partial charge in [-0.3, -0.25) is 0 Å². The van der Waals surface area contributed by atoms with Crippen LogP contribution < -0.4 is 0 Å². The van der Waals surface area contributed by atoms with Gasteiger partial charge in [-0.2, -0.15) is 12.6 Å². The number of hydrogen-bond donors (Lipinski definition) is 1. The Morgan fingerprint density at radius 1 is 1.09 bits per heavy atom. The molecule has 0 aromatic rings. The summed E-state index contributed by atoms with van der Waals surface area (Å²) in [6.45, 7) is 0. The van der Waals surface area contributed by atoms with Gasteiger partial charge in [0.1, 0.15) is 0 Å². The van der Waals surface area contributed by atoms with Gasteiger partial charge in [0.25, 0.3) is 0 Å². The van der Waals surface area contributed by atoms with Crippen molar-refractivity contribution in [3.05, 3.63) is 0 Å². The largest absolute Gasteiger partial charge is 0.177 e. The summed E-state index contributed by atoms with van der Waals surface area (Å²) in [5.74, 6) is 1.06. The van der Waals surface area contributed by atoms with Gasteiger partial charge in [-0.05, 0) is 12.8 Å². The van der Waals surface area contributed by atoms with Crippen molar-refractivity contribution in [1.29, 1.82) is 0 Å². The first-order valence-corrected chi connectivity index (χ1v) is 6.84. The van der Waals surface area contributed by atoms with E-state index in [1.807, 2.05) is 0 Å². The van der Waals surface area contributed by atoms with Crippen molar-refractivity contribution >= 4 is 36.2 Å². The van der Waals surface area contributed by atoms with Crippen molar-refractivity contribution in [1.82, 2.24) is 0 Å². The maximum absolute atomic E-state index is 4.35. The zero-order valence-corrected chi connectivity index (χ0v) is 9.06. The van der Waals surface area contributed by atoms with Gasteiger partial charge in [-0.1, -0.05) is 12.8 Å². The van der Waals surface area contributed by atoms with Crippen molar-refractivity contribution in [2.24, 2.45) is 0 Å². The smallest absolute Gasteiger partial charge is 0.0596 e. The van der Waals surface area contributed by atoms with Crippen molar-refractivity contribution in [2.75, 3.05) is 5.75 Å². The van der Waals surface area contributed by atoms with Crippen LogP contribution in [0.2, 0.25) is 0 Å². The molecule has 2 fully saturated rings. The molecule has 1 saturated carbocycles. The van der Waals surface area contributed by atoms with Crippen LogP contribution in [0.5, 0.6) is 0 Å². The van der Waals surface area contributed by atoms with Gasteiger partial charge in [-0.25, -0.2) is 0 Å². The Morgan fingerprint density at radius 3 is 2.09 bits per heavy atom. The second-order valence-corrected chi connectivity index (χ2v) is 6.80. The van der Waals surface area contributed by atoms with Gasteiger partial charge in [0.05, 0.1) is 4.58 Å². The maximum Gasteiger partial charge on any atom is 0.0596 e. The van der Waals surface area contributed by atoms with Crippen molar-refractivity contribution in [3.8, 4) is 0 Å². The minimum Gasteiger partial charge on any atom is -0.177 e. The van der Waals surface area contributed by atoms with Crippen LogP contribution in [-0.4, -0.2) is 20.8 Å². The average Bonchev–Trinajstić information content (AvgIpc) is 2.46. The van der Waals surface area contributed by atoms with E-state index in [-0.39, 0.29) is 0 Å². The fraction of sp³-hybridized carbons (Fsp3) is 1.00. The Kier molecular flexibility index (Phi) is 3.02. The lowest BCUT2D eigenvalue weighted by Gasteiger charge is -2.22. The minimum absolute atomic E-state index is 0.798. The highest BCUT2D eigenvalue weighted by Gasteiger charge is 2.35. The number of thiol groups is 1. The Bertz CT molecular complexity index is 123. The van der Waals surface area contributed by atoms with Crippen LogP contribution in [0.3, 0.4) is 0 Å². The summed E-state index contributed by atoms with van der Waals surface area (Å²) in [6.07, 6.45) is 5.86. The third-order valence-corrected chi connectivity index (χ3v) is 6.91. The number of hydrogen-bond acceptors (Lipinski definition) is 3. The molecular weight excluding hydrogens is 192 g/mol. The summed E-state index contributed by atoms with van der Waals surface area (Å²) in [7, 11) is 0. The zero-order valence-electron chi connectivity index (χ0n) is 6.53. The van der Waals surface area contributed by atoms with E-state index in [0.29, 0.717) is 0 Å². The summed E-state index contributed by atoms with van der Waals surface area (Å²) in [6, 6.07) is 0. The Labute approximate surface area is 82.7 Å². The molecule has 0 spiro atoms. The summed E-state index contributed by atoms with van der Waals surface area (Å²) in [5, 5.41) is 1.96. The first kappa shape index (κ1) is 8.64. The first-order valence-electron chi connectivity index (χ1n) is 4.32. The van der Waals surface area contributed by atoms with Crippen LogP contribution in [0.1, 0.15) is 25.7 Å². The van der Waals surface area contributed by atoms with Gasteiger partial charge in [-0.15, -0.1) is 23.5 Å². The molecule has 64 valence electrons. The standard InChI is InChI=1S/C8H14S3/c9-5-8-10-6-3-1-2-4-7(6)11-8/h6-9H,1-5H2. The van der Waals surface area contributed by atoms with Gasteiger partial charge >= 0.3 is 0 Å². The maximum atomic E-state index is 4.35. The normalized spacial score (nSPS) is 43.9. The highest BCUT2D eigenvalue weighted by Crippen LogP contribution is 2.49. The summed E-state index contributed by atoms with van der Waals surface area (Å²) >= 11 is 8.72. The van der Waals surface area contributed by atoms with Crippen molar-refractivity contribution in [2.45, 2.75) is 40.8 Å². The molecule has 2 unspecified atom stereocenters. The molecule has 2 rings (SSSR count). The number of thioether (sulfide) groups is 2. The van der Waals surface area contributed by atoms with E-state index < -0.39 is 0 Å². The van der Waals surface area contributed by atoms with E-state index in [2.05, 4.69) is 36.2 Å². The molecule has 11 heavy (non-hydrogen) atoms. The predicted molar refractivity (Wildman–Crippen MR) is 58.9 cm³/mol. The number of rotatable bonds is 1. The van der Waals surface area contributed by atoms with Crippen LogP contribution in [0, 0.1) is 0 Å². The van der Waals surface area contributed by atoms with E-state index in [1.165, 1.54) is 25.7 Å². The fourth-order valence-corrected chi connectivity index (χ4v) is 6.08. The molecule has 1 aliphatic heterocycles. The van der Waals surface area contributed by atoms with Crippen molar-refractivity contribution < 1.29 is 0 Å². The lowest BCUT2D eigenvalue weighted by molar-refractivity contribution is 0.532. The third kappa shape index (κ3) is 1.86. The van der Waals surface area contributed by atoms with E-state index in [0.717, 1.165) is 20.8 Å². The number of fused-ring (bicyclic) bond motifs is 1. The van der Waals surface area contributed by atoms with E-state index in [9.17, 15) is 0 Å². The Hall–Kier alpha value is 1.05. The summed E-state index contributed by atoms with van der Waals surface area (Å²) < 4.78 is 0.798. The van der Waals surface area contributed by atoms with Crippen LogP contribution in [0.4, 0.5) is 0 Å². The molecule has 0 aromatic heterocycles. The Balaban J connectivity index is 1.92. The molecule has 3 heteroatoms. The molecule has 0 bridgehead atoms. The van der Waals surface area contributed by atoms with Gasteiger partial charge < -0.3 is 0 Å².